The van der Waals surface area contributed by atoms with E-state index >= 15 is 0 Å². The van der Waals surface area contributed by atoms with Crippen molar-refractivity contribution in [3.63, 3.8) is 0 Å². The van der Waals surface area contributed by atoms with Crippen LogP contribution in [-0.2, 0) is 4.79 Å². The van der Waals surface area contributed by atoms with Gasteiger partial charge in [-0.05, 0) is 47.1 Å². The molecule has 100 valence electrons. The van der Waals surface area contributed by atoms with Gasteiger partial charge in [0.25, 0.3) is 0 Å². The molecule has 1 aliphatic rings. The molecule has 0 unspecified atom stereocenters. The van der Waals surface area contributed by atoms with Gasteiger partial charge in [0, 0.05) is 38.1 Å². The van der Waals surface area contributed by atoms with Crippen molar-refractivity contribution >= 4 is 5.78 Å². The summed E-state index contributed by atoms with van der Waals surface area (Å²) in [4.78, 5) is 15.9. The predicted molar refractivity (Wildman–Crippen MR) is 72.3 cm³/mol. The first-order valence-electron chi connectivity index (χ1n) is 6.86. The Balaban J connectivity index is 2.13. The summed E-state index contributed by atoms with van der Waals surface area (Å²) in [6.45, 7) is 14.4. The number of rotatable bonds is 5. The number of ketones is 1. The molecule has 17 heavy (non-hydrogen) atoms. The second kappa shape index (κ2) is 6.50. The Morgan fingerprint density at radius 2 is 1.65 bits per heavy atom. The molecule has 0 bridgehead atoms. The fraction of sp³-hybridized carbons (Fsp3) is 0.929. The molecule has 3 nitrogen and oxygen atoms in total. The van der Waals surface area contributed by atoms with Gasteiger partial charge >= 0.3 is 0 Å². The second-order valence-corrected chi connectivity index (χ2v) is 6.16. The minimum Gasteiger partial charge on any atom is -0.301 e. The summed E-state index contributed by atoms with van der Waals surface area (Å²) < 4.78 is 0. The van der Waals surface area contributed by atoms with E-state index in [0.29, 0.717) is 11.3 Å². The van der Waals surface area contributed by atoms with Crippen LogP contribution in [0, 0.1) is 0 Å². The highest BCUT2D eigenvalue weighted by Gasteiger charge is 2.25. The molecular formula is C14H28N2O. The van der Waals surface area contributed by atoms with Crippen molar-refractivity contribution in [2.45, 2.75) is 52.5 Å². The molecular weight excluding hydrogens is 212 g/mol. The average molecular weight is 240 g/mol. The maximum Gasteiger partial charge on any atom is 0.129 e. The van der Waals surface area contributed by atoms with Gasteiger partial charge in [0.15, 0.2) is 0 Å². The Kier molecular flexibility index (Phi) is 5.60. The molecule has 0 aromatic heterocycles. The molecule has 0 atom stereocenters. The highest BCUT2D eigenvalue weighted by atomic mass is 16.1. The third-order valence-electron chi connectivity index (χ3n) is 3.57. The molecule has 1 heterocycles. The van der Waals surface area contributed by atoms with Crippen LogP contribution in [-0.4, -0.2) is 53.8 Å². The number of unbranched alkanes of at least 4 members (excludes halogenated alkanes) is 1. The summed E-state index contributed by atoms with van der Waals surface area (Å²) in [5, 5.41) is 0. The standard InChI is InChI=1S/C14H28N2O/c1-13(17)7-5-6-8-15-9-11-16(12-10-15)14(2,3)4/h5-12H2,1-4H3. The van der Waals surface area contributed by atoms with Crippen LogP contribution < -0.4 is 0 Å². The summed E-state index contributed by atoms with van der Waals surface area (Å²) in [6.07, 6.45) is 2.96. The zero-order chi connectivity index (χ0) is 12.9. The average Bonchev–Trinajstić information content (AvgIpc) is 2.23. The number of carbonyl (C=O) groups excluding carboxylic acids is 1. The SMILES string of the molecule is CC(=O)CCCCN1CCN(C(C)(C)C)CC1. The van der Waals surface area contributed by atoms with Crippen molar-refractivity contribution in [2.24, 2.45) is 0 Å². The van der Waals surface area contributed by atoms with E-state index in [-0.39, 0.29) is 0 Å². The van der Waals surface area contributed by atoms with Gasteiger partial charge in [0.2, 0.25) is 0 Å². The van der Waals surface area contributed by atoms with Gasteiger partial charge < -0.3 is 9.69 Å². The minimum atomic E-state index is 0.306. The minimum absolute atomic E-state index is 0.306. The highest BCUT2D eigenvalue weighted by Crippen LogP contribution is 2.16. The fourth-order valence-electron chi connectivity index (χ4n) is 2.35. The lowest BCUT2D eigenvalue weighted by Crippen LogP contribution is -2.53. The third-order valence-corrected chi connectivity index (χ3v) is 3.57. The number of piperazine rings is 1. The van der Waals surface area contributed by atoms with E-state index in [4.69, 9.17) is 0 Å². The van der Waals surface area contributed by atoms with Crippen molar-refractivity contribution in [3.8, 4) is 0 Å². The number of hydrogen-bond acceptors (Lipinski definition) is 3. The van der Waals surface area contributed by atoms with E-state index in [2.05, 4.69) is 30.6 Å². The van der Waals surface area contributed by atoms with Crippen LogP contribution in [0.4, 0.5) is 0 Å². The monoisotopic (exact) mass is 240 g/mol. The normalized spacial score (nSPS) is 19.5. The fourth-order valence-corrected chi connectivity index (χ4v) is 2.35. The van der Waals surface area contributed by atoms with Crippen LogP contribution in [0.25, 0.3) is 0 Å². The molecule has 3 heteroatoms. The van der Waals surface area contributed by atoms with Gasteiger partial charge in [-0.1, -0.05) is 0 Å². The zero-order valence-electron chi connectivity index (χ0n) is 12.0. The van der Waals surface area contributed by atoms with Gasteiger partial charge in [-0.15, -0.1) is 0 Å². The van der Waals surface area contributed by atoms with Crippen LogP contribution in [0.5, 0.6) is 0 Å². The molecule has 0 aliphatic carbocycles. The van der Waals surface area contributed by atoms with Gasteiger partial charge in [-0.3, -0.25) is 4.90 Å². The smallest absolute Gasteiger partial charge is 0.129 e. The van der Waals surface area contributed by atoms with Gasteiger partial charge in [-0.25, -0.2) is 0 Å². The Morgan fingerprint density at radius 1 is 1.06 bits per heavy atom. The summed E-state index contributed by atoms with van der Waals surface area (Å²) >= 11 is 0. The van der Waals surface area contributed by atoms with Crippen molar-refractivity contribution in [1.29, 1.82) is 0 Å². The number of carbonyl (C=O) groups is 1. The second-order valence-electron chi connectivity index (χ2n) is 6.16. The largest absolute Gasteiger partial charge is 0.301 e. The number of Topliss-reactive ketones (excluding diaryl/α,β-unsaturated/α-hetero) is 1. The van der Waals surface area contributed by atoms with E-state index in [9.17, 15) is 4.79 Å². The van der Waals surface area contributed by atoms with Crippen LogP contribution in [0.3, 0.4) is 0 Å². The summed E-state index contributed by atoms with van der Waals surface area (Å²) in [5.74, 6) is 0.322. The Labute approximate surface area is 106 Å². The molecule has 1 saturated heterocycles. The molecule has 1 rings (SSSR count). The maximum absolute atomic E-state index is 10.8. The molecule has 0 aromatic rings. The first-order valence-corrected chi connectivity index (χ1v) is 6.86. The van der Waals surface area contributed by atoms with Gasteiger partial charge in [-0.2, -0.15) is 0 Å². The lowest BCUT2D eigenvalue weighted by molar-refractivity contribution is -0.117. The van der Waals surface area contributed by atoms with E-state index < -0.39 is 0 Å². The van der Waals surface area contributed by atoms with Crippen LogP contribution in [0.15, 0.2) is 0 Å². The molecule has 1 aliphatic heterocycles. The van der Waals surface area contributed by atoms with E-state index in [0.717, 1.165) is 25.8 Å². The van der Waals surface area contributed by atoms with Crippen LogP contribution in [0.1, 0.15) is 47.0 Å². The Bertz CT molecular complexity index is 237. The van der Waals surface area contributed by atoms with Crippen molar-refractivity contribution < 1.29 is 4.79 Å². The van der Waals surface area contributed by atoms with Gasteiger partial charge in [0.1, 0.15) is 5.78 Å². The highest BCUT2D eigenvalue weighted by molar-refractivity contribution is 5.75. The molecule has 0 saturated carbocycles. The van der Waals surface area contributed by atoms with Crippen molar-refractivity contribution in [3.05, 3.63) is 0 Å². The molecule has 0 spiro atoms. The molecule has 1 fully saturated rings. The zero-order valence-corrected chi connectivity index (χ0v) is 12.0. The number of hydrogen-bond donors (Lipinski definition) is 0. The number of nitrogens with zero attached hydrogens (tertiary/aromatic N) is 2. The van der Waals surface area contributed by atoms with Crippen molar-refractivity contribution in [2.75, 3.05) is 32.7 Å². The Hall–Kier alpha value is -0.410. The summed E-state index contributed by atoms with van der Waals surface area (Å²) in [7, 11) is 0. The van der Waals surface area contributed by atoms with Crippen molar-refractivity contribution in [1.82, 2.24) is 9.80 Å². The van der Waals surface area contributed by atoms with Crippen LogP contribution >= 0.6 is 0 Å². The van der Waals surface area contributed by atoms with E-state index in [1.54, 1.807) is 6.92 Å². The quantitative estimate of drug-likeness (QED) is 0.688. The molecule has 0 aromatic carbocycles. The molecule has 0 N–H and O–H groups in total. The lowest BCUT2D eigenvalue weighted by Gasteiger charge is -2.42. The van der Waals surface area contributed by atoms with Gasteiger partial charge in [0.05, 0.1) is 0 Å². The molecule has 0 amide bonds. The summed E-state index contributed by atoms with van der Waals surface area (Å²) in [5.41, 5.74) is 0.306. The van der Waals surface area contributed by atoms with Crippen LogP contribution in [0.2, 0.25) is 0 Å². The Morgan fingerprint density at radius 3 is 2.12 bits per heavy atom. The first-order chi connectivity index (χ1) is 7.89. The third kappa shape index (κ3) is 5.64. The summed E-state index contributed by atoms with van der Waals surface area (Å²) in [6, 6.07) is 0. The predicted octanol–water partition coefficient (Wildman–Crippen LogP) is 2.16. The molecule has 0 radical (unpaired) electrons. The lowest BCUT2D eigenvalue weighted by atomic mass is 10.0. The van der Waals surface area contributed by atoms with E-state index in [1.807, 2.05) is 0 Å². The maximum atomic E-state index is 10.8. The van der Waals surface area contributed by atoms with E-state index in [1.165, 1.54) is 26.2 Å². The first kappa shape index (κ1) is 14.7. The topological polar surface area (TPSA) is 23.6 Å².